The van der Waals surface area contributed by atoms with Gasteiger partial charge in [-0.1, -0.05) is 30.3 Å². The van der Waals surface area contributed by atoms with E-state index in [1.54, 1.807) is 7.11 Å². The fraction of sp³-hybridized carbons (Fsp3) is 0.273. The number of ether oxygens (including phenoxy) is 1. The largest absolute Gasteiger partial charge is 0.497 e. The number of rotatable bonds is 6. The second-order valence-electron chi connectivity index (χ2n) is 6.78. The van der Waals surface area contributed by atoms with Crippen LogP contribution in [-0.4, -0.2) is 43.5 Å². The number of nitrogens with one attached hydrogen (secondary N) is 1. The lowest BCUT2D eigenvalue weighted by atomic mass is 10.1. The third-order valence-corrected chi connectivity index (χ3v) is 4.72. The molecule has 3 aromatic rings. The van der Waals surface area contributed by atoms with Crippen molar-refractivity contribution in [1.82, 2.24) is 15.2 Å². The first-order chi connectivity index (χ1) is 13.0. The molecule has 0 aliphatic carbocycles. The number of aromatic nitrogens is 1. The van der Waals surface area contributed by atoms with Crippen LogP contribution in [0, 0.1) is 6.92 Å². The van der Waals surface area contributed by atoms with Crippen LogP contribution in [0.1, 0.15) is 27.7 Å². The number of hydrogen-bond acceptors (Lipinski definition) is 4. The van der Waals surface area contributed by atoms with Crippen LogP contribution in [0.2, 0.25) is 0 Å². The maximum Gasteiger partial charge on any atom is 0.253 e. The van der Waals surface area contributed by atoms with Gasteiger partial charge in [-0.05, 0) is 44.8 Å². The SMILES string of the molecule is COc1ccc2cc(C(=O)NC[C@@H](c3ccccc3)N(C)C)c(C)nc2c1. The molecule has 0 radical (unpaired) electrons. The third kappa shape index (κ3) is 4.26. The summed E-state index contributed by atoms with van der Waals surface area (Å²) in [5, 5.41) is 3.98. The molecule has 0 saturated heterocycles. The Morgan fingerprint density at radius 2 is 1.89 bits per heavy atom. The number of likely N-dealkylation sites (N-methyl/N-ethyl adjacent to an activating group) is 1. The summed E-state index contributed by atoms with van der Waals surface area (Å²) in [5.74, 6) is 0.642. The summed E-state index contributed by atoms with van der Waals surface area (Å²) in [4.78, 5) is 19.5. The van der Waals surface area contributed by atoms with Gasteiger partial charge in [-0.15, -0.1) is 0 Å². The van der Waals surface area contributed by atoms with Gasteiger partial charge in [0.1, 0.15) is 5.75 Å². The number of fused-ring (bicyclic) bond motifs is 1. The van der Waals surface area contributed by atoms with E-state index in [0.29, 0.717) is 17.8 Å². The van der Waals surface area contributed by atoms with Crippen molar-refractivity contribution in [3.8, 4) is 5.75 Å². The quantitative estimate of drug-likeness (QED) is 0.727. The first-order valence-electron chi connectivity index (χ1n) is 8.94. The van der Waals surface area contributed by atoms with E-state index < -0.39 is 0 Å². The summed E-state index contributed by atoms with van der Waals surface area (Å²) in [6.45, 7) is 2.38. The average Bonchev–Trinajstić information content (AvgIpc) is 2.67. The number of pyridine rings is 1. The second kappa shape index (κ2) is 8.18. The molecule has 0 spiro atoms. The molecule has 0 aliphatic rings. The Morgan fingerprint density at radius 3 is 2.56 bits per heavy atom. The van der Waals surface area contributed by atoms with Crippen molar-refractivity contribution in [3.05, 3.63) is 71.4 Å². The average molecular weight is 363 g/mol. The Bertz CT molecular complexity index is 939. The molecular weight excluding hydrogens is 338 g/mol. The molecule has 0 aliphatic heterocycles. The Morgan fingerprint density at radius 1 is 1.15 bits per heavy atom. The van der Waals surface area contributed by atoms with Gasteiger partial charge < -0.3 is 15.0 Å². The number of benzene rings is 2. The Balaban J connectivity index is 1.80. The van der Waals surface area contributed by atoms with Crippen LogP contribution in [0.5, 0.6) is 5.75 Å². The van der Waals surface area contributed by atoms with Crippen molar-refractivity contribution in [2.75, 3.05) is 27.7 Å². The Labute approximate surface area is 160 Å². The first-order valence-corrected chi connectivity index (χ1v) is 8.94. The highest BCUT2D eigenvalue weighted by molar-refractivity contribution is 5.98. The van der Waals surface area contributed by atoms with Gasteiger partial charge in [0, 0.05) is 18.0 Å². The van der Waals surface area contributed by atoms with Crippen molar-refractivity contribution in [1.29, 1.82) is 0 Å². The smallest absolute Gasteiger partial charge is 0.253 e. The van der Waals surface area contributed by atoms with Gasteiger partial charge in [-0.3, -0.25) is 9.78 Å². The van der Waals surface area contributed by atoms with Crippen LogP contribution in [0.3, 0.4) is 0 Å². The standard InChI is InChI=1S/C22H25N3O2/c1-15-19(12-17-10-11-18(27-4)13-20(17)24-15)22(26)23-14-21(25(2)3)16-8-6-5-7-9-16/h5-13,21H,14H2,1-4H3,(H,23,26)/t21-/m0/s1. The lowest BCUT2D eigenvalue weighted by Gasteiger charge is -2.25. The van der Waals surface area contributed by atoms with Gasteiger partial charge in [-0.2, -0.15) is 0 Å². The molecule has 5 nitrogen and oxygen atoms in total. The van der Waals surface area contributed by atoms with E-state index in [9.17, 15) is 4.79 Å². The molecule has 1 heterocycles. The number of carbonyl (C=O) groups is 1. The molecule has 2 aromatic carbocycles. The number of aryl methyl sites for hydroxylation is 1. The lowest BCUT2D eigenvalue weighted by Crippen LogP contribution is -2.34. The molecule has 1 atom stereocenters. The second-order valence-corrected chi connectivity index (χ2v) is 6.78. The van der Waals surface area contributed by atoms with Gasteiger partial charge in [0.05, 0.1) is 29.9 Å². The van der Waals surface area contributed by atoms with Crippen molar-refractivity contribution in [3.63, 3.8) is 0 Å². The highest BCUT2D eigenvalue weighted by atomic mass is 16.5. The maximum absolute atomic E-state index is 12.8. The monoisotopic (exact) mass is 363 g/mol. The number of nitrogens with zero attached hydrogens (tertiary/aromatic N) is 2. The topological polar surface area (TPSA) is 54.5 Å². The van der Waals surface area contributed by atoms with Crippen molar-refractivity contribution in [2.45, 2.75) is 13.0 Å². The van der Waals surface area contributed by atoms with E-state index in [1.165, 1.54) is 5.56 Å². The fourth-order valence-corrected chi connectivity index (χ4v) is 3.16. The summed E-state index contributed by atoms with van der Waals surface area (Å²) < 4.78 is 5.25. The molecule has 140 valence electrons. The zero-order valence-electron chi connectivity index (χ0n) is 16.2. The van der Waals surface area contributed by atoms with E-state index in [2.05, 4.69) is 27.3 Å². The number of hydrogen-bond donors (Lipinski definition) is 1. The van der Waals surface area contributed by atoms with Crippen LogP contribution in [0.4, 0.5) is 0 Å². The number of methoxy groups -OCH3 is 1. The van der Waals surface area contributed by atoms with Crippen LogP contribution in [0.15, 0.2) is 54.6 Å². The number of carbonyl (C=O) groups excluding carboxylic acids is 1. The zero-order valence-corrected chi connectivity index (χ0v) is 16.2. The normalized spacial score (nSPS) is 12.2. The first kappa shape index (κ1) is 18.9. The van der Waals surface area contributed by atoms with Crippen LogP contribution in [0.25, 0.3) is 10.9 Å². The van der Waals surface area contributed by atoms with Crippen LogP contribution in [-0.2, 0) is 0 Å². The van der Waals surface area contributed by atoms with E-state index >= 15 is 0 Å². The highest BCUT2D eigenvalue weighted by Gasteiger charge is 2.17. The Kier molecular flexibility index (Phi) is 5.72. The van der Waals surface area contributed by atoms with E-state index in [-0.39, 0.29) is 11.9 Å². The van der Waals surface area contributed by atoms with Gasteiger partial charge in [-0.25, -0.2) is 0 Å². The highest BCUT2D eigenvalue weighted by Crippen LogP contribution is 2.22. The summed E-state index contributed by atoms with van der Waals surface area (Å²) in [6.07, 6.45) is 0. The van der Waals surface area contributed by atoms with Gasteiger partial charge in [0.2, 0.25) is 0 Å². The molecule has 1 amide bonds. The fourth-order valence-electron chi connectivity index (χ4n) is 3.16. The van der Waals surface area contributed by atoms with Crippen molar-refractivity contribution < 1.29 is 9.53 Å². The summed E-state index contributed by atoms with van der Waals surface area (Å²) >= 11 is 0. The molecule has 27 heavy (non-hydrogen) atoms. The van der Waals surface area contributed by atoms with Crippen LogP contribution < -0.4 is 10.1 Å². The molecule has 1 N–H and O–H groups in total. The number of amides is 1. The molecule has 1 aromatic heterocycles. The third-order valence-electron chi connectivity index (χ3n) is 4.72. The van der Waals surface area contributed by atoms with Gasteiger partial charge in [0.15, 0.2) is 0 Å². The summed E-state index contributed by atoms with van der Waals surface area (Å²) in [6, 6.07) is 17.8. The molecule has 5 heteroatoms. The summed E-state index contributed by atoms with van der Waals surface area (Å²) in [5.41, 5.74) is 3.29. The Hall–Kier alpha value is -2.92. The van der Waals surface area contributed by atoms with E-state index in [4.69, 9.17) is 4.74 Å². The minimum Gasteiger partial charge on any atom is -0.497 e. The minimum absolute atomic E-state index is 0.105. The predicted molar refractivity (Wildman–Crippen MR) is 108 cm³/mol. The van der Waals surface area contributed by atoms with Gasteiger partial charge >= 0.3 is 0 Å². The summed E-state index contributed by atoms with van der Waals surface area (Å²) in [7, 11) is 5.66. The lowest BCUT2D eigenvalue weighted by molar-refractivity contribution is 0.0941. The zero-order chi connectivity index (χ0) is 19.4. The van der Waals surface area contributed by atoms with Gasteiger partial charge in [0.25, 0.3) is 5.91 Å². The van der Waals surface area contributed by atoms with Crippen molar-refractivity contribution in [2.24, 2.45) is 0 Å². The van der Waals surface area contributed by atoms with E-state index in [0.717, 1.165) is 16.7 Å². The maximum atomic E-state index is 12.8. The van der Waals surface area contributed by atoms with E-state index in [1.807, 2.05) is 63.5 Å². The molecule has 3 rings (SSSR count). The molecule has 0 fully saturated rings. The molecular formula is C22H25N3O2. The van der Waals surface area contributed by atoms with Crippen molar-refractivity contribution >= 4 is 16.8 Å². The minimum atomic E-state index is -0.111. The predicted octanol–water partition coefficient (Wildman–Crippen LogP) is 3.58. The van der Waals surface area contributed by atoms with Crippen LogP contribution >= 0.6 is 0 Å². The molecule has 0 unspecified atom stereocenters. The molecule has 0 bridgehead atoms. The molecule has 0 saturated carbocycles.